The van der Waals surface area contributed by atoms with E-state index in [0.29, 0.717) is 12.6 Å². The van der Waals surface area contributed by atoms with Crippen LogP contribution in [0, 0.1) is 0 Å². The van der Waals surface area contributed by atoms with Crippen molar-refractivity contribution in [3.05, 3.63) is 5.82 Å². The minimum Gasteiger partial charge on any atom is -0.313 e. The lowest BCUT2D eigenvalue weighted by molar-refractivity contribution is -0.127. The SMILES string of the molecule is CC(C)N(O)Cc1nnnn1C1CCCCC1. The summed E-state index contributed by atoms with van der Waals surface area (Å²) in [5, 5.41) is 22.8. The van der Waals surface area contributed by atoms with Crippen molar-refractivity contribution in [1.82, 2.24) is 25.3 Å². The molecule has 0 unspecified atom stereocenters. The summed E-state index contributed by atoms with van der Waals surface area (Å²) in [4.78, 5) is 0. The zero-order chi connectivity index (χ0) is 12.3. The monoisotopic (exact) mass is 239 g/mol. The zero-order valence-electron chi connectivity index (χ0n) is 10.6. The van der Waals surface area contributed by atoms with Crippen LogP contribution in [-0.2, 0) is 6.54 Å². The Bertz CT molecular complexity index is 345. The number of hydrogen-bond acceptors (Lipinski definition) is 5. The van der Waals surface area contributed by atoms with Gasteiger partial charge in [0, 0.05) is 6.04 Å². The fourth-order valence-electron chi connectivity index (χ4n) is 2.25. The second-order valence-corrected chi connectivity index (χ2v) is 5.02. The maximum atomic E-state index is 9.75. The molecule has 6 heteroatoms. The Morgan fingerprint density at radius 2 is 2.06 bits per heavy atom. The van der Waals surface area contributed by atoms with E-state index in [9.17, 15) is 5.21 Å². The zero-order valence-corrected chi connectivity index (χ0v) is 10.6. The van der Waals surface area contributed by atoms with Gasteiger partial charge in [-0.2, -0.15) is 5.06 Å². The van der Waals surface area contributed by atoms with Crippen molar-refractivity contribution >= 4 is 0 Å². The molecule has 1 aromatic heterocycles. The highest BCUT2D eigenvalue weighted by molar-refractivity contribution is 4.85. The Labute approximate surface area is 102 Å². The summed E-state index contributed by atoms with van der Waals surface area (Å²) in [5.41, 5.74) is 0. The van der Waals surface area contributed by atoms with Crippen molar-refractivity contribution in [2.75, 3.05) is 0 Å². The van der Waals surface area contributed by atoms with Crippen molar-refractivity contribution in [1.29, 1.82) is 0 Å². The quantitative estimate of drug-likeness (QED) is 0.811. The molecule has 1 aliphatic rings. The van der Waals surface area contributed by atoms with E-state index in [1.165, 1.54) is 24.3 Å². The van der Waals surface area contributed by atoms with Gasteiger partial charge in [-0.3, -0.25) is 0 Å². The van der Waals surface area contributed by atoms with Crippen LogP contribution < -0.4 is 0 Å². The summed E-state index contributed by atoms with van der Waals surface area (Å²) in [6.45, 7) is 4.27. The largest absolute Gasteiger partial charge is 0.313 e. The predicted octanol–water partition coefficient (Wildman–Crippen LogP) is 1.78. The first-order valence-corrected chi connectivity index (χ1v) is 6.40. The van der Waals surface area contributed by atoms with Crippen molar-refractivity contribution < 1.29 is 5.21 Å². The first kappa shape index (κ1) is 12.4. The lowest BCUT2D eigenvalue weighted by atomic mass is 9.95. The number of tetrazole rings is 1. The minimum atomic E-state index is 0.0755. The lowest BCUT2D eigenvalue weighted by Crippen LogP contribution is -2.29. The molecule has 0 aliphatic heterocycles. The van der Waals surface area contributed by atoms with E-state index in [1.54, 1.807) is 0 Å². The van der Waals surface area contributed by atoms with Crippen LogP contribution in [0.1, 0.15) is 57.8 Å². The minimum absolute atomic E-state index is 0.0755. The third kappa shape index (κ3) is 3.01. The average molecular weight is 239 g/mol. The topological polar surface area (TPSA) is 67.1 Å². The average Bonchev–Trinajstić information content (AvgIpc) is 2.78. The fraction of sp³-hybridized carbons (Fsp3) is 0.909. The van der Waals surface area contributed by atoms with Gasteiger partial charge in [0.05, 0.1) is 12.6 Å². The van der Waals surface area contributed by atoms with Gasteiger partial charge in [-0.1, -0.05) is 19.3 Å². The van der Waals surface area contributed by atoms with Crippen LogP contribution in [0.5, 0.6) is 0 Å². The van der Waals surface area contributed by atoms with Crippen molar-refractivity contribution in [3.8, 4) is 0 Å². The third-order valence-electron chi connectivity index (χ3n) is 3.38. The molecule has 1 saturated carbocycles. The van der Waals surface area contributed by atoms with Crippen LogP contribution in [0.15, 0.2) is 0 Å². The molecule has 6 nitrogen and oxygen atoms in total. The Morgan fingerprint density at radius 1 is 1.35 bits per heavy atom. The first-order chi connectivity index (χ1) is 8.18. The first-order valence-electron chi connectivity index (χ1n) is 6.40. The standard InChI is InChI=1S/C11H21N5O/c1-9(2)15(17)8-11-12-13-14-16(11)10-6-4-3-5-7-10/h9-10,17H,3-8H2,1-2H3. The lowest BCUT2D eigenvalue weighted by Gasteiger charge is -2.24. The second-order valence-electron chi connectivity index (χ2n) is 5.02. The fourth-order valence-corrected chi connectivity index (χ4v) is 2.25. The number of nitrogens with zero attached hydrogens (tertiary/aromatic N) is 5. The number of hydrogen-bond donors (Lipinski definition) is 1. The highest BCUT2D eigenvalue weighted by Crippen LogP contribution is 2.27. The van der Waals surface area contributed by atoms with Gasteiger partial charge in [0.1, 0.15) is 0 Å². The smallest absolute Gasteiger partial charge is 0.167 e. The molecule has 0 atom stereocenters. The normalized spacial score (nSPS) is 18.2. The number of rotatable bonds is 4. The number of aromatic nitrogens is 4. The van der Waals surface area contributed by atoms with Crippen LogP contribution in [0.25, 0.3) is 0 Å². The van der Waals surface area contributed by atoms with Gasteiger partial charge >= 0.3 is 0 Å². The van der Waals surface area contributed by atoms with Gasteiger partial charge in [-0.05, 0) is 37.1 Å². The van der Waals surface area contributed by atoms with E-state index < -0.39 is 0 Å². The van der Waals surface area contributed by atoms with Crippen molar-refractivity contribution in [2.24, 2.45) is 0 Å². The summed E-state index contributed by atoms with van der Waals surface area (Å²) in [6.07, 6.45) is 6.09. The van der Waals surface area contributed by atoms with Crippen molar-refractivity contribution in [2.45, 2.75) is 64.6 Å². The van der Waals surface area contributed by atoms with Gasteiger partial charge < -0.3 is 5.21 Å². The molecule has 0 radical (unpaired) electrons. The van der Waals surface area contributed by atoms with Crippen molar-refractivity contribution in [3.63, 3.8) is 0 Å². The van der Waals surface area contributed by atoms with Crippen LogP contribution in [0.3, 0.4) is 0 Å². The summed E-state index contributed by atoms with van der Waals surface area (Å²) < 4.78 is 1.89. The Balaban J connectivity index is 2.05. The molecule has 2 rings (SSSR count). The van der Waals surface area contributed by atoms with Crippen LogP contribution in [0.2, 0.25) is 0 Å². The third-order valence-corrected chi connectivity index (χ3v) is 3.38. The molecule has 0 saturated heterocycles. The molecule has 1 aromatic rings. The van der Waals surface area contributed by atoms with Gasteiger partial charge in [-0.15, -0.1) is 5.10 Å². The van der Waals surface area contributed by atoms with Gasteiger partial charge in [0.25, 0.3) is 0 Å². The molecule has 17 heavy (non-hydrogen) atoms. The Morgan fingerprint density at radius 3 is 2.71 bits per heavy atom. The van der Waals surface area contributed by atoms with Gasteiger partial charge in [0.2, 0.25) is 0 Å². The molecule has 0 aromatic carbocycles. The predicted molar refractivity (Wildman–Crippen MR) is 62.4 cm³/mol. The van der Waals surface area contributed by atoms with E-state index in [0.717, 1.165) is 18.7 Å². The van der Waals surface area contributed by atoms with Gasteiger partial charge in [0.15, 0.2) is 5.82 Å². The van der Waals surface area contributed by atoms with E-state index in [2.05, 4.69) is 15.5 Å². The van der Waals surface area contributed by atoms with E-state index in [1.807, 2.05) is 18.5 Å². The molecule has 1 fully saturated rings. The molecule has 1 aliphatic carbocycles. The summed E-state index contributed by atoms with van der Waals surface area (Å²) >= 11 is 0. The van der Waals surface area contributed by atoms with Crippen LogP contribution in [-0.4, -0.2) is 36.5 Å². The molecular formula is C11H21N5O. The number of hydroxylamine groups is 2. The molecule has 0 spiro atoms. The highest BCUT2D eigenvalue weighted by atomic mass is 16.5. The molecule has 0 amide bonds. The van der Waals surface area contributed by atoms with E-state index in [-0.39, 0.29) is 6.04 Å². The van der Waals surface area contributed by atoms with Crippen LogP contribution >= 0.6 is 0 Å². The second kappa shape index (κ2) is 5.55. The Hall–Kier alpha value is -1.01. The highest BCUT2D eigenvalue weighted by Gasteiger charge is 2.21. The summed E-state index contributed by atoms with van der Waals surface area (Å²) in [6, 6.07) is 0.487. The Kier molecular flexibility index (Phi) is 4.06. The molecular weight excluding hydrogens is 218 g/mol. The molecule has 0 bridgehead atoms. The van der Waals surface area contributed by atoms with E-state index >= 15 is 0 Å². The molecule has 96 valence electrons. The maximum absolute atomic E-state index is 9.75. The molecule has 1 N–H and O–H groups in total. The van der Waals surface area contributed by atoms with Gasteiger partial charge in [-0.25, -0.2) is 4.68 Å². The molecule has 1 heterocycles. The van der Waals surface area contributed by atoms with Crippen LogP contribution in [0.4, 0.5) is 0 Å². The maximum Gasteiger partial charge on any atom is 0.167 e. The summed E-state index contributed by atoms with van der Waals surface area (Å²) in [5.74, 6) is 0.758. The summed E-state index contributed by atoms with van der Waals surface area (Å²) in [7, 11) is 0. The van der Waals surface area contributed by atoms with E-state index in [4.69, 9.17) is 0 Å².